The summed E-state index contributed by atoms with van der Waals surface area (Å²) >= 11 is 3.34. The van der Waals surface area contributed by atoms with E-state index in [0.29, 0.717) is 11.6 Å². The largest absolute Gasteiger partial charge is 0.394 e. The third-order valence-electron chi connectivity index (χ3n) is 3.28. The predicted molar refractivity (Wildman–Crippen MR) is 72.8 cm³/mol. The van der Waals surface area contributed by atoms with Crippen molar-refractivity contribution in [1.29, 1.82) is 0 Å². The average molecular weight is 315 g/mol. The van der Waals surface area contributed by atoms with Crippen molar-refractivity contribution in [3.8, 4) is 0 Å². The Kier molecular flexibility index (Phi) is 3.87. The topological polar surface area (TPSA) is 66.6 Å². The third-order valence-corrected chi connectivity index (χ3v) is 3.77. The van der Waals surface area contributed by atoms with Gasteiger partial charge in [-0.25, -0.2) is 0 Å². The number of nitro benzene ring substituents is 1. The van der Waals surface area contributed by atoms with Crippen molar-refractivity contribution in [3.05, 3.63) is 32.8 Å². The van der Waals surface area contributed by atoms with Gasteiger partial charge in [-0.05, 0) is 24.5 Å². The molecule has 0 amide bonds. The van der Waals surface area contributed by atoms with Gasteiger partial charge < -0.3 is 10.0 Å². The maximum atomic E-state index is 11.1. The fourth-order valence-corrected chi connectivity index (χ4v) is 2.85. The van der Waals surface area contributed by atoms with Crippen LogP contribution in [0.3, 0.4) is 0 Å². The van der Waals surface area contributed by atoms with Crippen LogP contribution in [0.1, 0.15) is 13.3 Å². The molecule has 1 N–H and O–H groups in total. The first kappa shape index (κ1) is 13.3. The van der Waals surface area contributed by atoms with E-state index in [-0.39, 0.29) is 23.3 Å². The lowest BCUT2D eigenvalue weighted by Crippen LogP contribution is -2.32. The van der Waals surface area contributed by atoms with Crippen LogP contribution in [0, 0.1) is 16.0 Å². The molecule has 2 rings (SSSR count). The SMILES string of the molecule is C[C@H]1C[C@@H](CO)N(c2cc(Br)ccc2[N+](=O)[O-])C1. The molecule has 1 aliphatic rings. The molecule has 98 valence electrons. The molecule has 0 radical (unpaired) electrons. The number of aliphatic hydroxyl groups is 1. The number of nitrogens with zero attached hydrogens (tertiary/aromatic N) is 2. The molecule has 1 aliphatic heterocycles. The molecule has 5 nitrogen and oxygen atoms in total. The lowest BCUT2D eigenvalue weighted by atomic mass is 10.1. The van der Waals surface area contributed by atoms with E-state index in [1.807, 2.05) is 4.90 Å². The van der Waals surface area contributed by atoms with Crippen molar-refractivity contribution in [2.24, 2.45) is 5.92 Å². The highest BCUT2D eigenvalue weighted by Crippen LogP contribution is 2.36. The number of aliphatic hydroxyl groups excluding tert-OH is 1. The van der Waals surface area contributed by atoms with E-state index in [9.17, 15) is 15.2 Å². The molecule has 1 aromatic carbocycles. The smallest absolute Gasteiger partial charge is 0.292 e. The molecule has 1 fully saturated rings. The second kappa shape index (κ2) is 5.24. The van der Waals surface area contributed by atoms with E-state index in [4.69, 9.17) is 0 Å². The van der Waals surface area contributed by atoms with Crippen molar-refractivity contribution in [3.63, 3.8) is 0 Å². The number of anilines is 1. The molecule has 1 heterocycles. The zero-order valence-corrected chi connectivity index (χ0v) is 11.6. The number of nitro groups is 1. The van der Waals surface area contributed by atoms with Gasteiger partial charge >= 0.3 is 0 Å². The van der Waals surface area contributed by atoms with Crippen LogP contribution in [-0.2, 0) is 0 Å². The van der Waals surface area contributed by atoms with Gasteiger partial charge in [-0.1, -0.05) is 22.9 Å². The van der Waals surface area contributed by atoms with Crippen molar-refractivity contribution in [2.75, 3.05) is 18.1 Å². The fraction of sp³-hybridized carbons (Fsp3) is 0.500. The highest BCUT2D eigenvalue weighted by molar-refractivity contribution is 9.10. The summed E-state index contributed by atoms with van der Waals surface area (Å²) < 4.78 is 0.805. The minimum absolute atomic E-state index is 0.0218. The Morgan fingerprint density at radius 1 is 1.61 bits per heavy atom. The van der Waals surface area contributed by atoms with Crippen LogP contribution in [0.25, 0.3) is 0 Å². The molecule has 6 heteroatoms. The van der Waals surface area contributed by atoms with Gasteiger partial charge in [0.05, 0.1) is 17.6 Å². The van der Waals surface area contributed by atoms with Crippen molar-refractivity contribution >= 4 is 27.3 Å². The van der Waals surface area contributed by atoms with Gasteiger partial charge in [0, 0.05) is 17.1 Å². The Morgan fingerprint density at radius 2 is 2.33 bits per heavy atom. The maximum Gasteiger partial charge on any atom is 0.292 e. The molecule has 18 heavy (non-hydrogen) atoms. The highest BCUT2D eigenvalue weighted by Gasteiger charge is 2.33. The fourth-order valence-electron chi connectivity index (χ4n) is 2.50. The Balaban J connectivity index is 2.42. The summed E-state index contributed by atoms with van der Waals surface area (Å²) in [6.45, 7) is 2.85. The molecule has 1 aromatic rings. The summed E-state index contributed by atoms with van der Waals surface area (Å²) in [6, 6.07) is 4.87. The van der Waals surface area contributed by atoms with E-state index in [0.717, 1.165) is 17.4 Å². The first-order valence-corrected chi connectivity index (χ1v) is 6.63. The van der Waals surface area contributed by atoms with E-state index >= 15 is 0 Å². The highest BCUT2D eigenvalue weighted by atomic mass is 79.9. The van der Waals surface area contributed by atoms with Crippen molar-refractivity contribution < 1.29 is 10.0 Å². The molecule has 0 aromatic heterocycles. The molecule has 0 unspecified atom stereocenters. The minimum atomic E-state index is -0.376. The van der Waals surface area contributed by atoms with Crippen LogP contribution in [-0.4, -0.2) is 29.2 Å². The number of hydrogen-bond donors (Lipinski definition) is 1. The lowest BCUT2D eigenvalue weighted by Gasteiger charge is -2.25. The van der Waals surface area contributed by atoms with Crippen molar-refractivity contribution in [1.82, 2.24) is 0 Å². The standard InChI is InChI=1S/C12H15BrN2O3/c1-8-4-10(7-16)14(6-8)12-5-9(13)2-3-11(12)15(17)18/h2-3,5,8,10,16H,4,6-7H2,1H3/t8-,10-/m0/s1. The van der Waals surface area contributed by atoms with Crippen LogP contribution in [0.15, 0.2) is 22.7 Å². The number of rotatable bonds is 3. The summed E-state index contributed by atoms with van der Waals surface area (Å²) in [5.41, 5.74) is 0.670. The van der Waals surface area contributed by atoms with Gasteiger partial charge in [0.15, 0.2) is 0 Å². The maximum absolute atomic E-state index is 11.1. The predicted octanol–water partition coefficient (Wildman–Crippen LogP) is 2.56. The second-order valence-corrected chi connectivity index (χ2v) is 5.64. The average Bonchev–Trinajstić information content (AvgIpc) is 2.69. The zero-order valence-electron chi connectivity index (χ0n) is 10.0. The normalized spacial score (nSPS) is 23.4. The van der Waals surface area contributed by atoms with Crippen LogP contribution in [0.2, 0.25) is 0 Å². The van der Waals surface area contributed by atoms with Crippen LogP contribution in [0.4, 0.5) is 11.4 Å². The monoisotopic (exact) mass is 314 g/mol. The Bertz CT molecular complexity index is 467. The van der Waals surface area contributed by atoms with Crippen LogP contribution >= 0.6 is 15.9 Å². The first-order valence-electron chi connectivity index (χ1n) is 5.84. The number of hydrogen-bond acceptors (Lipinski definition) is 4. The van der Waals surface area contributed by atoms with Crippen LogP contribution < -0.4 is 4.90 Å². The summed E-state index contributed by atoms with van der Waals surface area (Å²) in [5.74, 6) is 0.431. The third kappa shape index (κ3) is 2.49. The molecule has 2 atom stereocenters. The van der Waals surface area contributed by atoms with Gasteiger partial charge in [-0.3, -0.25) is 10.1 Å². The molecular weight excluding hydrogens is 300 g/mol. The molecule has 0 aliphatic carbocycles. The van der Waals surface area contributed by atoms with Gasteiger partial charge in [-0.2, -0.15) is 0 Å². The number of benzene rings is 1. The molecule has 1 saturated heterocycles. The summed E-state index contributed by atoms with van der Waals surface area (Å²) in [7, 11) is 0. The summed E-state index contributed by atoms with van der Waals surface area (Å²) in [6.07, 6.45) is 0.861. The Morgan fingerprint density at radius 3 is 2.94 bits per heavy atom. The molecule has 0 spiro atoms. The van der Waals surface area contributed by atoms with E-state index in [1.165, 1.54) is 6.07 Å². The zero-order chi connectivity index (χ0) is 13.3. The van der Waals surface area contributed by atoms with Gasteiger partial charge in [0.1, 0.15) is 5.69 Å². The molecule has 0 saturated carbocycles. The van der Waals surface area contributed by atoms with E-state index < -0.39 is 0 Å². The first-order chi connectivity index (χ1) is 8.52. The second-order valence-electron chi connectivity index (χ2n) is 4.72. The van der Waals surface area contributed by atoms with Gasteiger partial charge in [0.25, 0.3) is 5.69 Å². The Hall–Kier alpha value is -1.14. The minimum Gasteiger partial charge on any atom is -0.394 e. The molecular formula is C12H15BrN2O3. The van der Waals surface area contributed by atoms with E-state index in [2.05, 4.69) is 22.9 Å². The summed E-state index contributed by atoms with van der Waals surface area (Å²) in [5, 5.41) is 20.5. The summed E-state index contributed by atoms with van der Waals surface area (Å²) in [4.78, 5) is 12.6. The number of halogens is 1. The van der Waals surface area contributed by atoms with Crippen molar-refractivity contribution in [2.45, 2.75) is 19.4 Å². The van der Waals surface area contributed by atoms with E-state index in [1.54, 1.807) is 12.1 Å². The Labute approximate surface area is 114 Å². The lowest BCUT2D eigenvalue weighted by molar-refractivity contribution is -0.384. The van der Waals surface area contributed by atoms with Gasteiger partial charge in [-0.15, -0.1) is 0 Å². The quantitative estimate of drug-likeness (QED) is 0.688. The van der Waals surface area contributed by atoms with Crippen LogP contribution in [0.5, 0.6) is 0 Å². The molecule has 0 bridgehead atoms. The van der Waals surface area contributed by atoms with Gasteiger partial charge in [0.2, 0.25) is 0 Å².